The van der Waals surface area contributed by atoms with Crippen molar-refractivity contribution in [2.24, 2.45) is 0 Å². The van der Waals surface area contributed by atoms with Gasteiger partial charge in [0, 0.05) is 37.1 Å². The molecule has 0 aliphatic rings. The van der Waals surface area contributed by atoms with E-state index in [0.29, 0.717) is 17.9 Å². The van der Waals surface area contributed by atoms with Crippen LogP contribution in [0.1, 0.15) is 24.5 Å². The topological polar surface area (TPSA) is 26.2 Å². The highest BCUT2D eigenvalue weighted by Gasteiger charge is 2.05. The Labute approximate surface area is 119 Å². The van der Waals surface area contributed by atoms with Crippen LogP contribution < -0.4 is 10.1 Å². The fourth-order valence-electron chi connectivity index (χ4n) is 2.08. The minimum Gasteiger partial charge on any atom is -0.497 e. The fourth-order valence-corrected chi connectivity index (χ4v) is 2.08. The number of methoxy groups -OCH3 is 1. The van der Waals surface area contributed by atoms with Gasteiger partial charge in [0.1, 0.15) is 11.6 Å². The smallest absolute Gasteiger partial charge is 0.131 e. The number of hydrogen-bond donors (Lipinski definition) is 1. The first-order valence-electron chi connectivity index (χ1n) is 6.90. The standard InChI is InChI=1S/C16H21FN2O/c1-3-7-18-10-13-6-8-19(11-13)12-14-4-5-15(20-2)9-16(14)17/h4-6,8-9,11,18H,3,7,10,12H2,1-2H3. The van der Waals surface area contributed by atoms with Crippen molar-refractivity contribution in [1.82, 2.24) is 9.88 Å². The second-order valence-electron chi connectivity index (χ2n) is 4.83. The third kappa shape index (κ3) is 3.84. The molecule has 1 aromatic carbocycles. The molecule has 0 aliphatic carbocycles. The van der Waals surface area contributed by atoms with E-state index < -0.39 is 0 Å². The van der Waals surface area contributed by atoms with Crippen LogP contribution in [-0.4, -0.2) is 18.2 Å². The Balaban J connectivity index is 1.99. The molecule has 1 heterocycles. The highest BCUT2D eigenvalue weighted by Crippen LogP contribution is 2.17. The molecule has 0 radical (unpaired) electrons. The summed E-state index contributed by atoms with van der Waals surface area (Å²) in [7, 11) is 1.54. The molecule has 108 valence electrons. The van der Waals surface area contributed by atoms with Crippen LogP contribution >= 0.6 is 0 Å². The van der Waals surface area contributed by atoms with Crippen molar-refractivity contribution in [2.45, 2.75) is 26.4 Å². The zero-order chi connectivity index (χ0) is 14.4. The zero-order valence-electron chi connectivity index (χ0n) is 12.0. The quantitative estimate of drug-likeness (QED) is 0.786. The van der Waals surface area contributed by atoms with Gasteiger partial charge in [0.25, 0.3) is 0 Å². The van der Waals surface area contributed by atoms with Crippen LogP contribution in [0.3, 0.4) is 0 Å². The lowest BCUT2D eigenvalue weighted by atomic mass is 10.2. The van der Waals surface area contributed by atoms with E-state index in [1.807, 2.05) is 17.0 Å². The lowest BCUT2D eigenvalue weighted by Gasteiger charge is -2.07. The second kappa shape index (κ2) is 7.10. The van der Waals surface area contributed by atoms with Crippen LogP contribution in [0.25, 0.3) is 0 Å². The maximum atomic E-state index is 13.9. The van der Waals surface area contributed by atoms with E-state index in [-0.39, 0.29) is 5.82 Å². The summed E-state index contributed by atoms with van der Waals surface area (Å²) < 4.78 is 20.9. The van der Waals surface area contributed by atoms with E-state index in [4.69, 9.17) is 4.74 Å². The summed E-state index contributed by atoms with van der Waals surface area (Å²) in [5, 5.41) is 3.35. The van der Waals surface area contributed by atoms with Crippen LogP contribution in [0, 0.1) is 5.82 Å². The Hall–Kier alpha value is -1.81. The SMILES string of the molecule is CCCNCc1ccn(Cc2ccc(OC)cc2F)c1. The van der Waals surface area contributed by atoms with Crippen molar-refractivity contribution in [3.05, 3.63) is 53.6 Å². The highest BCUT2D eigenvalue weighted by atomic mass is 19.1. The Morgan fingerprint density at radius 1 is 1.30 bits per heavy atom. The predicted molar refractivity (Wildman–Crippen MR) is 78.5 cm³/mol. The number of hydrogen-bond acceptors (Lipinski definition) is 2. The molecule has 0 saturated carbocycles. The summed E-state index contributed by atoms with van der Waals surface area (Å²) in [6.45, 7) is 4.54. The first-order chi connectivity index (χ1) is 9.72. The normalized spacial score (nSPS) is 10.8. The lowest BCUT2D eigenvalue weighted by molar-refractivity contribution is 0.410. The number of benzene rings is 1. The molecule has 0 fully saturated rings. The Morgan fingerprint density at radius 2 is 2.15 bits per heavy atom. The first kappa shape index (κ1) is 14.6. The molecule has 1 aromatic heterocycles. The second-order valence-corrected chi connectivity index (χ2v) is 4.83. The van der Waals surface area contributed by atoms with Crippen LogP contribution in [0.2, 0.25) is 0 Å². The van der Waals surface area contributed by atoms with Gasteiger partial charge in [0.2, 0.25) is 0 Å². The van der Waals surface area contributed by atoms with Gasteiger partial charge >= 0.3 is 0 Å². The van der Waals surface area contributed by atoms with Crippen LogP contribution in [0.4, 0.5) is 4.39 Å². The van der Waals surface area contributed by atoms with Crippen LogP contribution in [0.15, 0.2) is 36.7 Å². The third-order valence-corrected chi connectivity index (χ3v) is 3.18. The van der Waals surface area contributed by atoms with Gasteiger partial charge < -0.3 is 14.6 Å². The molecule has 2 aromatic rings. The summed E-state index contributed by atoms with van der Waals surface area (Å²) >= 11 is 0. The molecule has 0 amide bonds. The monoisotopic (exact) mass is 276 g/mol. The highest BCUT2D eigenvalue weighted by molar-refractivity contribution is 5.29. The van der Waals surface area contributed by atoms with Crippen molar-refractivity contribution in [3.63, 3.8) is 0 Å². The molecule has 0 saturated heterocycles. The summed E-state index contributed by atoms with van der Waals surface area (Å²) in [5.41, 5.74) is 1.88. The first-order valence-corrected chi connectivity index (χ1v) is 6.90. The van der Waals surface area contributed by atoms with Gasteiger partial charge in [-0.15, -0.1) is 0 Å². The van der Waals surface area contributed by atoms with E-state index in [1.165, 1.54) is 18.7 Å². The number of rotatable bonds is 7. The number of ether oxygens (including phenoxy) is 1. The summed E-state index contributed by atoms with van der Waals surface area (Å²) in [6, 6.07) is 7.03. The molecule has 0 aliphatic heterocycles. The summed E-state index contributed by atoms with van der Waals surface area (Å²) in [6.07, 6.45) is 5.15. The molecule has 0 atom stereocenters. The third-order valence-electron chi connectivity index (χ3n) is 3.18. The lowest BCUT2D eigenvalue weighted by Crippen LogP contribution is -2.13. The zero-order valence-corrected chi connectivity index (χ0v) is 12.0. The Morgan fingerprint density at radius 3 is 2.85 bits per heavy atom. The summed E-state index contributed by atoms with van der Waals surface area (Å²) in [4.78, 5) is 0. The number of nitrogens with zero attached hydrogens (tertiary/aromatic N) is 1. The molecule has 0 spiro atoms. The molecule has 0 bridgehead atoms. The largest absolute Gasteiger partial charge is 0.497 e. The number of nitrogens with one attached hydrogen (secondary N) is 1. The van der Waals surface area contributed by atoms with Gasteiger partial charge in [-0.2, -0.15) is 0 Å². The minimum atomic E-state index is -0.233. The van der Waals surface area contributed by atoms with Gasteiger partial charge in [-0.3, -0.25) is 0 Å². The molecule has 4 heteroatoms. The predicted octanol–water partition coefficient (Wildman–Crippen LogP) is 3.18. The molecule has 20 heavy (non-hydrogen) atoms. The van der Waals surface area contributed by atoms with Gasteiger partial charge in [-0.05, 0) is 30.7 Å². The average Bonchev–Trinajstić information content (AvgIpc) is 2.89. The number of aromatic nitrogens is 1. The molecule has 2 rings (SSSR count). The van der Waals surface area contributed by atoms with E-state index in [9.17, 15) is 4.39 Å². The maximum absolute atomic E-state index is 13.9. The van der Waals surface area contributed by atoms with Crippen molar-refractivity contribution < 1.29 is 9.13 Å². The van der Waals surface area contributed by atoms with Crippen molar-refractivity contribution in [3.8, 4) is 5.75 Å². The van der Waals surface area contributed by atoms with Crippen molar-refractivity contribution >= 4 is 0 Å². The Kier molecular flexibility index (Phi) is 5.18. The van der Waals surface area contributed by atoms with Crippen molar-refractivity contribution in [2.75, 3.05) is 13.7 Å². The van der Waals surface area contributed by atoms with E-state index in [1.54, 1.807) is 12.1 Å². The van der Waals surface area contributed by atoms with E-state index >= 15 is 0 Å². The van der Waals surface area contributed by atoms with Crippen molar-refractivity contribution in [1.29, 1.82) is 0 Å². The van der Waals surface area contributed by atoms with Crippen LogP contribution in [-0.2, 0) is 13.1 Å². The van der Waals surface area contributed by atoms with Gasteiger partial charge in [-0.1, -0.05) is 13.0 Å². The summed E-state index contributed by atoms with van der Waals surface area (Å²) in [5.74, 6) is 0.312. The molecular weight excluding hydrogens is 255 g/mol. The fraction of sp³-hybridized carbons (Fsp3) is 0.375. The van der Waals surface area contributed by atoms with E-state index in [0.717, 1.165) is 19.5 Å². The molecular formula is C16H21FN2O. The minimum absolute atomic E-state index is 0.233. The van der Waals surface area contributed by atoms with E-state index in [2.05, 4.69) is 18.3 Å². The average molecular weight is 276 g/mol. The van der Waals surface area contributed by atoms with Gasteiger partial charge in [0.15, 0.2) is 0 Å². The molecule has 1 N–H and O–H groups in total. The van der Waals surface area contributed by atoms with Gasteiger partial charge in [0.05, 0.1) is 7.11 Å². The molecule has 3 nitrogen and oxygen atoms in total. The molecule has 0 unspecified atom stereocenters. The van der Waals surface area contributed by atoms with Crippen LogP contribution in [0.5, 0.6) is 5.75 Å². The number of halogens is 1. The maximum Gasteiger partial charge on any atom is 0.131 e. The Bertz CT molecular complexity index is 551. The van der Waals surface area contributed by atoms with Gasteiger partial charge in [-0.25, -0.2) is 4.39 Å².